The van der Waals surface area contributed by atoms with E-state index in [1.165, 1.54) is 38.6 Å². The number of hydrogen-bond donors (Lipinski definition) is 1. The summed E-state index contributed by atoms with van der Waals surface area (Å²) in [4.78, 5) is 20.5. The number of carbonyl (C=O) groups excluding carboxylic acids is 1. The van der Waals surface area contributed by atoms with Gasteiger partial charge in [0.15, 0.2) is 0 Å². The van der Waals surface area contributed by atoms with Crippen LogP contribution in [-0.2, 0) is 4.79 Å². The molecule has 5 heteroatoms. The van der Waals surface area contributed by atoms with E-state index in [1.807, 2.05) is 0 Å². The number of rotatable bonds is 4. The summed E-state index contributed by atoms with van der Waals surface area (Å²) in [5.41, 5.74) is 6.41. The van der Waals surface area contributed by atoms with Gasteiger partial charge in [-0.05, 0) is 64.2 Å². The van der Waals surface area contributed by atoms with Crippen LogP contribution in [0, 0.1) is 17.8 Å². The lowest BCUT2D eigenvalue weighted by Gasteiger charge is -2.45. The molecule has 4 fully saturated rings. The molecule has 2 aliphatic carbocycles. The fraction of sp³-hybridized carbons (Fsp3) is 0.955. The normalized spacial score (nSPS) is 41.1. The van der Waals surface area contributed by atoms with E-state index in [9.17, 15) is 4.79 Å². The van der Waals surface area contributed by atoms with Crippen LogP contribution in [-0.4, -0.2) is 78.0 Å². The molecule has 4 unspecified atom stereocenters. The second-order valence-corrected chi connectivity index (χ2v) is 9.88. The lowest BCUT2D eigenvalue weighted by atomic mass is 9.65. The van der Waals surface area contributed by atoms with Gasteiger partial charge < -0.3 is 10.6 Å². The van der Waals surface area contributed by atoms with Gasteiger partial charge >= 0.3 is 0 Å². The average molecular weight is 377 g/mol. The molecule has 2 N–H and O–H groups in total. The molecule has 0 aromatic heterocycles. The molecule has 2 saturated carbocycles. The molecule has 4 rings (SSSR count). The summed E-state index contributed by atoms with van der Waals surface area (Å²) >= 11 is 0. The van der Waals surface area contributed by atoms with E-state index in [-0.39, 0.29) is 5.92 Å². The molecule has 2 aliphatic heterocycles. The summed E-state index contributed by atoms with van der Waals surface area (Å²) < 4.78 is 0. The van der Waals surface area contributed by atoms with E-state index in [0.717, 1.165) is 57.6 Å². The average Bonchev–Trinajstić information content (AvgIpc) is 2.97. The van der Waals surface area contributed by atoms with Crippen molar-refractivity contribution in [3.8, 4) is 0 Å². The molecule has 5 nitrogen and oxygen atoms in total. The number of carbonyl (C=O) groups is 1. The van der Waals surface area contributed by atoms with E-state index in [2.05, 4.69) is 28.5 Å². The predicted molar refractivity (Wildman–Crippen MR) is 109 cm³/mol. The zero-order valence-electron chi connectivity index (χ0n) is 17.5. The van der Waals surface area contributed by atoms with Crippen LogP contribution < -0.4 is 5.73 Å². The SMILES string of the molecule is CC1CCC(C)N1CCN1CCN(C(=O)C2CC3CCCC(C2)C3N)CC1. The van der Waals surface area contributed by atoms with Crippen molar-refractivity contribution in [2.24, 2.45) is 23.5 Å². The third kappa shape index (κ3) is 4.20. The smallest absolute Gasteiger partial charge is 0.225 e. The van der Waals surface area contributed by atoms with E-state index >= 15 is 0 Å². The van der Waals surface area contributed by atoms with Crippen molar-refractivity contribution in [2.45, 2.75) is 76.9 Å². The van der Waals surface area contributed by atoms with Crippen molar-refractivity contribution in [1.82, 2.24) is 14.7 Å². The molecule has 2 saturated heterocycles. The third-order valence-electron chi connectivity index (χ3n) is 8.26. The second-order valence-electron chi connectivity index (χ2n) is 9.88. The third-order valence-corrected chi connectivity index (χ3v) is 8.26. The molecule has 154 valence electrons. The number of piperazine rings is 1. The molecular formula is C22H40N4O. The van der Waals surface area contributed by atoms with Crippen molar-refractivity contribution in [3.63, 3.8) is 0 Å². The fourth-order valence-electron chi connectivity index (χ4n) is 6.39. The minimum Gasteiger partial charge on any atom is -0.340 e. The maximum absolute atomic E-state index is 13.1. The van der Waals surface area contributed by atoms with Gasteiger partial charge in [0, 0.05) is 63.3 Å². The van der Waals surface area contributed by atoms with Crippen LogP contribution in [0.3, 0.4) is 0 Å². The topological polar surface area (TPSA) is 52.8 Å². The van der Waals surface area contributed by atoms with Gasteiger partial charge in [0.05, 0.1) is 0 Å². The number of likely N-dealkylation sites (tertiary alicyclic amines) is 1. The molecule has 2 bridgehead atoms. The molecular weight excluding hydrogens is 336 g/mol. The highest BCUT2D eigenvalue weighted by Crippen LogP contribution is 2.42. The number of fused-ring (bicyclic) bond motifs is 2. The van der Waals surface area contributed by atoms with Gasteiger partial charge in [0.1, 0.15) is 0 Å². The molecule has 4 aliphatic rings. The summed E-state index contributed by atoms with van der Waals surface area (Å²) in [6.07, 6.45) is 8.57. The predicted octanol–water partition coefficient (Wildman–Crippen LogP) is 2.16. The van der Waals surface area contributed by atoms with Crippen LogP contribution in [0.1, 0.15) is 58.8 Å². The van der Waals surface area contributed by atoms with Crippen molar-refractivity contribution >= 4 is 5.91 Å². The lowest BCUT2D eigenvalue weighted by Crippen LogP contribution is -2.54. The van der Waals surface area contributed by atoms with Crippen LogP contribution in [0.25, 0.3) is 0 Å². The molecule has 0 radical (unpaired) electrons. The number of hydrogen-bond acceptors (Lipinski definition) is 4. The first kappa shape index (κ1) is 19.7. The Hall–Kier alpha value is -0.650. The van der Waals surface area contributed by atoms with Crippen LogP contribution in [0.2, 0.25) is 0 Å². The highest BCUT2D eigenvalue weighted by Gasteiger charge is 2.42. The van der Waals surface area contributed by atoms with Gasteiger partial charge in [-0.25, -0.2) is 0 Å². The highest BCUT2D eigenvalue weighted by molar-refractivity contribution is 5.79. The maximum atomic E-state index is 13.1. The maximum Gasteiger partial charge on any atom is 0.225 e. The monoisotopic (exact) mass is 376 g/mol. The van der Waals surface area contributed by atoms with Crippen molar-refractivity contribution in [2.75, 3.05) is 39.3 Å². The standard InChI is InChI=1S/C22H40N4O/c1-16-6-7-17(2)26(16)13-10-24-8-11-25(12-9-24)22(27)20-14-18-4-3-5-19(15-20)21(18)23/h16-21H,3-15,23H2,1-2H3. The number of amides is 1. The van der Waals surface area contributed by atoms with E-state index in [0.29, 0.717) is 23.8 Å². The van der Waals surface area contributed by atoms with E-state index in [4.69, 9.17) is 5.73 Å². The van der Waals surface area contributed by atoms with E-state index in [1.54, 1.807) is 0 Å². The Morgan fingerprint density at radius 1 is 0.889 bits per heavy atom. The summed E-state index contributed by atoms with van der Waals surface area (Å²) in [6.45, 7) is 11.0. The Bertz CT molecular complexity index is 494. The Kier molecular flexibility index (Phi) is 6.10. The molecule has 0 aromatic rings. The van der Waals surface area contributed by atoms with Crippen molar-refractivity contribution in [3.05, 3.63) is 0 Å². The zero-order chi connectivity index (χ0) is 19.0. The van der Waals surface area contributed by atoms with Crippen molar-refractivity contribution < 1.29 is 4.79 Å². The summed E-state index contributed by atoms with van der Waals surface area (Å²) in [5.74, 6) is 1.87. The fourth-order valence-corrected chi connectivity index (χ4v) is 6.39. The van der Waals surface area contributed by atoms with Crippen LogP contribution in [0.4, 0.5) is 0 Å². The lowest BCUT2D eigenvalue weighted by molar-refractivity contribution is -0.140. The zero-order valence-corrected chi connectivity index (χ0v) is 17.5. The first-order valence-corrected chi connectivity index (χ1v) is 11.6. The van der Waals surface area contributed by atoms with Gasteiger partial charge in [-0.15, -0.1) is 0 Å². The Morgan fingerprint density at radius 3 is 2.07 bits per heavy atom. The quantitative estimate of drug-likeness (QED) is 0.817. The first-order valence-electron chi connectivity index (χ1n) is 11.6. The molecule has 1 amide bonds. The van der Waals surface area contributed by atoms with Crippen LogP contribution in [0.15, 0.2) is 0 Å². The molecule has 2 heterocycles. The molecule has 0 aromatic carbocycles. The Morgan fingerprint density at radius 2 is 1.48 bits per heavy atom. The summed E-state index contributed by atoms with van der Waals surface area (Å²) in [5, 5.41) is 0. The summed E-state index contributed by atoms with van der Waals surface area (Å²) in [6, 6.07) is 1.83. The summed E-state index contributed by atoms with van der Waals surface area (Å²) in [7, 11) is 0. The largest absolute Gasteiger partial charge is 0.340 e. The minimum absolute atomic E-state index is 0.248. The second kappa shape index (κ2) is 8.38. The van der Waals surface area contributed by atoms with Gasteiger partial charge in [-0.1, -0.05) is 6.42 Å². The molecule has 4 atom stereocenters. The number of nitrogens with two attached hydrogens (primary N) is 1. The molecule has 27 heavy (non-hydrogen) atoms. The highest BCUT2D eigenvalue weighted by atomic mass is 16.2. The Balaban J connectivity index is 1.23. The molecule has 0 spiro atoms. The van der Waals surface area contributed by atoms with Crippen LogP contribution >= 0.6 is 0 Å². The van der Waals surface area contributed by atoms with Gasteiger partial charge in [0.25, 0.3) is 0 Å². The van der Waals surface area contributed by atoms with Gasteiger partial charge in [0.2, 0.25) is 5.91 Å². The van der Waals surface area contributed by atoms with Gasteiger partial charge in [-0.3, -0.25) is 14.6 Å². The van der Waals surface area contributed by atoms with Crippen molar-refractivity contribution in [1.29, 1.82) is 0 Å². The van der Waals surface area contributed by atoms with Gasteiger partial charge in [-0.2, -0.15) is 0 Å². The van der Waals surface area contributed by atoms with Crippen LogP contribution in [0.5, 0.6) is 0 Å². The number of nitrogens with zero attached hydrogens (tertiary/aromatic N) is 3. The minimum atomic E-state index is 0.248. The first-order chi connectivity index (χ1) is 13.0. The van der Waals surface area contributed by atoms with E-state index < -0.39 is 0 Å². The Labute approximate surface area is 165 Å².